The normalized spacial score (nSPS) is 12.7. The molecule has 0 aliphatic rings. The summed E-state index contributed by atoms with van der Waals surface area (Å²) in [6.07, 6.45) is 3.06. The Hall–Kier alpha value is -0.860. The van der Waals surface area contributed by atoms with Gasteiger partial charge in [-0.2, -0.15) is 0 Å². The van der Waals surface area contributed by atoms with Gasteiger partial charge >= 0.3 is 0 Å². The van der Waals surface area contributed by atoms with Crippen molar-refractivity contribution in [1.29, 1.82) is 0 Å². The molecule has 0 bridgehead atoms. The van der Waals surface area contributed by atoms with Gasteiger partial charge in [0.05, 0.1) is 0 Å². The molecule has 2 heteroatoms. The van der Waals surface area contributed by atoms with Crippen molar-refractivity contribution >= 4 is 0 Å². The van der Waals surface area contributed by atoms with E-state index in [4.69, 9.17) is 10.5 Å². The summed E-state index contributed by atoms with van der Waals surface area (Å²) in [7, 11) is 0. The minimum absolute atomic E-state index is 0.257. The molecule has 0 fully saturated rings. The Morgan fingerprint density at radius 3 is 2.67 bits per heavy atom. The third-order valence-electron chi connectivity index (χ3n) is 2.41. The fraction of sp³-hybridized carbons (Fsp3) is 0.538. The Morgan fingerprint density at radius 1 is 1.27 bits per heavy atom. The monoisotopic (exact) mass is 207 g/mol. The average molecular weight is 207 g/mol. The van der Waals surface area contributed by atoms with E-state index in [2.05, 4.69) is 24.3 Å². The molecule has 15 heavy (non-hydrogen) atoms. The van der Waals surface area contributed by atoms with Crippen molar-refractivity contribution in [2.75, 3.05) is 13.2 Å². The Bertz CT molecular complexity index is 248. The van der Waals surface area contributed by atoms with E-state index in [0.717, 1.165) is 32.5 Å². The molecule has 0 saturated carbocycles. The fourth-order valence-corrected chi connectivity index (χ4v) is 1.61. The first kappa shape index (κ1) is 12.2. The first-order chi connectivity index (χ1) is 7.33. The van der Waals surface area contributed by atoms with Crippen LogP contribution in [-0.4, -0.2) is 19.3 Å². The number of ether oxygens (including phenoxy) is 1. The zero-order chi connectivity index (χ0) is 10.9. The molecule has 0 amide bonds. The van der Waals surface area contributed by atoms with E-state index in [9.17, 15) is 0 Å². The summed E-state index contributed by atoms with van der Waals surface area (Å²) < 4.78 is 5.28. The average Bonchev–Trinajstić information content (AvgIpc) is 2.26. The van der Waals surface area contributed by atoms with Gasteiger partial charge in [-0.1, -0.05) is 30.3 Å². The van der Waals surface area contributed by atoms with Crippen molar-refractivity contribution < 1.29 is 4.74 Å². The van der Waals surface area contributed by atoms with Crippen molar-refractivity contribution in [1.82, 2.24) is 0 Å². The molecule has 84 valence electrons. The molecule has 0 spiro atoms. The van der Waals surface area contributed by atoms with Crippen LogP contribution in [0.4, 0.5) is 0 Å². The lowest BCUT2D eigenvalue weighted by Crippen LogP contribution is -2.23. The maximum absolute atomic E-state index is 6.03. The molecule has 0 heterocycles. The van der Waals surface area contributed by atoms with Crippen molar-refractivity contribution in [3.05, 3.63) is 35.9 Å². The maximum atomic E-state index is 6.03. The van der Waals surface area contributed by atoms with Crippen molar-refractivity contribution in [3.63, 3.8) is 0 Å². The van der Waals surface area contributed by atoms with Crippen molar-refractivity contribution in [2.45, 2.75) is 32.2 Å². The Labute approximate surface area is 92.4 Å². The van der Waals surface area contributed by atoms with Gasteiger partial charge in [0.15, 0.2) is 0 Å². The summed E-state index contributed by atoms with van der Waals surface area (Å²) in [5.41, 5.74) is 7.35. The SMILES string of the molecule is CCOCCCC(N)Cc1ccccc1. The first-order valence-electron chi connectivity index (χ1n) is 5.70. The highest BCUT2D eigenvalue weighted by atomic mass is 16.5. The molecule has 2 N–H and O–H groups in total. The van der Waals surface area contributed by atoms with E-state index in [1.54, 1.807) is 0 Å². The quantitative estimate of drug-likeness (QED) is 0.697. The van der Waals surface area contributed by atoms with E-state index < -0.39 is 0 Å². The van der Waals surface area contributed by atoms with Gasteiger partial charge in [-0.3, -0.25) is 0 Å². The van der Waals surface area contributed by atoms with E-state index in [0.29, 0.717) is 0 Å². The molecule has 1 unspecified atom stereocenters. The number of nitrogens with two attached hydrogens (primary N) is 1. The van der Waals surface area contributed by atoms with Gasteiger partial charge in [-0.05, 0) is 31.7 Å². The molecule has 0 aliphatic heterocycles. The second-order valence-corrected chi connectivity index (χ2v) is 3.79. The van der Waals surface area contributed by atoms with Crippen LogP contribution in [0.2, 0.25) is 0 Å². The number of hydrogen-bond donors (Lipinski definition) is 1. The van der Waals surface area contributed by atoms with E-state index in [1.807, 2.05) is 13.0 Å². The lowest BCUT2D eigenvalue weighted by Gasteiger charge is -2.11. The third-order valence-corrected chi connectivity index (χ3v) is 2.41. The minimum atomic E-state index is 0.257. The topological polar surface area (TPSA) is 35.2 Å². The van der Waals surface area contributed by atoms with Crippen molar-refractivity contribution in [3.8, 4) is 0 Å². The fourth-order valence-electron chi connectivity index (χ4n) is 1.61. The number of benzene rings is 1. The summed E-state index contributed by atoms with van der Waals surface area (Å²) in [6.45, 7) is 3.65. The molecular weight excluding hydrogens is 186 g/mol. The Kier molecular flexibility index (Phi) is 6.05. The molecule has 1 atom stereocenters. The van der Waals surface area contributed by atoms with Crippen LogP contribution in [0.3, 0.4) is 0 Å². The van der Waals surface area contributed by atoms with Gasteiger partial charge in [0.25, 0.3) is 0 Å². The van der Waals surface area contributed by atoms with Crippen LogP contribution in [0.1, 0.15) is 25.3 Å². The van der Waals surface area contributed by atoms with E-state index in [-0.39, 0.29) is 6.04 Å². The summed E-state index contributed by atoms with van der Waals surface area (Å²) in [6, 6.07) is 10.7. The minimum Gasteiger partial charge on any atom is -0.382 e. The smallest absolute Gasteiger partial charge is 0.0466 e. The summed E-state index contributed by atoms with van der Waals surface area (Å²) >= 11 is 0. The molecule has 1 rings (SSSR count). The van der Waals surface area contributed by atoms with Crippen LogP contribution < -0.4 is 5.73 Å². The molecular formula is C13H21NO. The zero-order valence-corrected chi connectivity index (χ0v) is 9.49. The van der Waals surface area contributed by atoms with Crippen LogP contribution >= 0.6 is 0 Å². The molecule has 1 aromatic rings. The molecule has 0 aromatic heterocycles. The largest absolute Gasteiger partial charge is 0.382 e. The summed E-state index contributed by atoms with van der Waals surface area (Å²) in [5.74, 6) is 0. The second-order valence-electron chi connectivity index (χ2n) is 3.79. The summed E-state index contributed by atoms with van der Waals surface area (Å²) in [4.78, 5) is 0. The van der Waals surface area contributed by atoms with Crippen LogP contribution in [-0.2, 0) is 11.2 Å². The van der Waals surface area contributed by atoms with Gasteiger partial charge in [0, 0.05) is 19.3 Å². The molecule has 0 radical (unpaired) electrons. The molecule has 0 aliphatic carbocycles. The van der Waals surface area contributed by atoms with E-state index in [1.165, 1.54) is 5.56 Å². The van der Waals surface area contributed by atoms with Gasteiger partial charge in [0.1, 0.15) is 0 Å². The molecule has 2 nitrogen and oxygen atoms in total. The molecule has 0 saturated heterocycles. The number of hydrogen-bond acceptors (Lipinski definition) is 2. The first-order valence-corrected chi connectivity index (χ1v) is 5.70. The van der Waals surface area contributed by atoms with Crippen LogP contribution in [0.5, 0.6) is 0 Å². The van der Waals surface area contributed by atoms with Crippen LogP contribution in [0, 0.1) is 0 Å². The lowest BCUT2D eigenvalue weighted by molar-refractivity contribution is 0.142. The van der Waals surface area contributed by atoms with Gasteiger partial charge in [0.2, 0.25) is 0 Å². The second kappa shape index (κ2) is 7.43. The lowest BCUT2D eigenvalue weighted by atomic mass is 10.0. The third kappa shape index (κ3) is 5.55. The Morgan fingerprint density at radius 2 is 2.00 bits per heavy atom. The van der Waals surface area contributed by atoms with Gasteiger partial charge in [-0.25, -0.2) is 0 Å². The zero-order valence-electron chi connectivity index (χ0n) is 9.49. The molecule has 1 aromatic carbocycles. The highest BCUT2D eigenvalue weighted by molar-refractivity contribution is 5.15. The summed E-state index contributed by atoms with van der Waals surface area (Å²) in [5, 5.41) is 0. The Balaban J connectivity index is 2.16. The number of rotatable bonds is 7. The maximum Gasteiger partial charge on any atom is 0.0466 e. The predicted octanol–water partition coefficient (Wildman–Crippen LogP) is 2.37. The van der Waals surface area contributed by atoms with Crippen LogP contribution in [0.15, 0.2) is 30.3 Å². The van der Waals surface area contributed by atoms with Gasteiger partial charge in [-0.15, -0.1) is 0 Å². The predicted molar refractivity (Wildman–Crippen MR) is 63.8 cm³/mol. The van der Waals surface area contributed by atoms with E-state index >= 15 is 0 Å². The highest BCUT2D eigenvalue weighted by Gasteiger charge is 2.03. The highest BCUT2D eigenvalue weighted by Crippen LogP contribution is 2.05. The standard InChI is InChI=1S/C13H21NO/c1-2-15-10-6-9-13(14)11-12-7-4-3-5-8-12/h3-5,7-8,13H,2,6,9-11,14H2,1H3. The van der Waals surface area contributed by atoms with Gasteiger partial charge < -0.3 is 10.5 Å². The van der Waals surface area contributed by atoms with Crippen molar-refractivity contribution in [2.24, 2.45) is 5.73 Å². The van der Waals surface area contributed by atoms with Crippen LogP contribution in [0.25, 0.3) is 0 Å².